The lowest BCUT2D eigenvalue weighted by atomic mass is 9.85. The summed E-state index contributed by atoms with van der Waals surface area (Å²) in [7, 11) is 3.41. The number of hydrogen-bond donors (Lipinski definition) is 2. The number of likely N-dealkylation sites (tertiary alicyclic amines) is 1. The van der Waals surface area contributed by atoms with Crippen molar-refractivity contribution < 1.29 is 14.3 Å². The molecular weight excluding hydrogens is 519 g/mol. The number of nitrogens with zero attached hydrogens (tertiary/aromatic N) is 2. The largest absolute Gasteiger partial charge is 0.497 e. The summed E-state index contributed by atoms with van der Waals surface area (Å²) in [5.74, 6) is 1.84. The zero-order valence-electron chi connectivity index (χ0n) is 18.5. The molecule has 0 aromatic heterocycles. The molecule has 2 bridgehead atoms. The van der Waals surface area contributed by atoms with Gasteiger partial charge in [0.1, 0.15) is 5.75 Å². The Morgan fingerprint density at radius 3 is 2.25 bits per heavy atom. The van der Waals surface area contributed by atoms with Crippen molar-refractivity contribution in [1.29, 1.82) is 0 Å². The molecule has 2 N–H and O–H groups in total. The molecule has 1 aromatic carbocycles. The van der Waals surface area contributed by atoms with Crippen molar-refractivity contribution >= 4 is 41.8 Å². The summed E-state index contributed by atoms with van der Waals surface area (Å²) in [6, 6.07) is 8.27. The number of fused-ring (bicyclic) bond motifs is 5. The van der Waals surface area contributed by atoms with Crippen molar-refractivity contribution in [1.82, 2.24) is 15.5 Å². The predicted octanol–water partition coefficient (Wildman–Crippen LogP) is 2.32. The van der Waals surface area contributed by atoms with Gasteiger partial charge in [0.25, 0.3) is 0 Å². The van der Waals surface area contributed by atoms with E-state index in [1.807, 2.05) is 12.1 Å². The third kappa shape index (κ3) is 3.91. The minimum atomic E-state index is -0.126. The lowest BCUT2D eigenvalue weighted by Crippen LogP contribution is -2.45. The van der Waals surface area contributed by atoms with Gasteiger partial charge in [-0.15, -0.1) is 24.0 Å². The molecule has 2 amide bonds. The smallest absolute Gasteiger partial charge is 0.233 e. The number of guanidine groups is 1. The molecule has 2 saturated carbocycles. The molecule has 1 heterocycles. The molecule has 1 saturated heterocycles. The standard InChI is InChI=1S/C24H30N4O3.HI/c1-25-23(27-14-24(9-10-24)17-5-7-18(31-2)8-6-17)26-11-12-28-21(29)19-15-3-4-16(13-15)20(19)22(28)30;/h3-8,15-16,19-20H,9-14H2,1-2H3,(H2,25,26,27);1H. The van der Waals surface area contributed by atoms with Crippen molar-refractivity contribution in [2.45, 2.75) is 24.7 Å². The maximum Gasteiger partial charge on any atom is 0.233 e. The van der Waals surface area contributed by atoms with Gasteiger partial charge in [-0.05, 0) is 48.8 Å². The van der Waals surface area contributed by atoms with Gasteiger partial charge in [-0.3, -0.25) is 19.5 Å². The first kappa shape index (κ1) is 23.1. The number of halogens is 1. The fraction of sp³-hybridized carbons (Fsp3) is 0.542. The van der Waals surface area contributed by atoms with Gasteiger partial charge < -0.3 is 15.4 Å². The van der Waals surface area contributed by atoms with Crippen LogP contribution in [0.3, 0.4) is 0 Å². The molecule has 3 fully saturated rings. The van der Waals surface area contributed by atoms with Gasteiger partial charge >= 0.3 is 0 Å². The Balaban J connectivity index is 0.00000245. The fourth-order valence-corrected chi connectivity index (χ4v) is 5.61. The van der Waals surface area contributed by atoms with E-state index in [1.54, 1.807) is 14.2 Å². The van der Waals surface area contributed by atoms with Crippen molar-refractivity contribution in [3.05, 3.63) is 42.0 Å². The topological polar surface area (TPSA) is 83.0 Å². The monoisotopic (exact) mass is 550 g/mol. The van der Waals surface area contributed by atoms with E-state index in [1.165, 1.54) is 10.5 Å². The number of nitrogens with one attached hydrogen (secondary N) is 2. The van der Waals surface area contributed by atoms with Crippen molar-refractivity contribution in [2.24, 2.45) is 28.7 Å². The first-order chi connectivity index (χ1) is 15.1. The van der Waals surface area contributed by atoms with Gasteiger partial charge in [0.05, 0.1) is 18.9 Å². The van der Waals surface area contributed by atoms with Crippen LogP contribution >= 0.6 is 24.0 Å². The first-order valence-corrected chi connectivity index (χ1v) is 11.2. The molecule has 0 spiro atoms. The lowest BCUT2D eigenvalue weighted by molar-refractivity contribution is -0.140. The summed E-state index contributed by atoms with van der Waals surface area (Å²) in [4.78, 5) is 31.3. The first-order valence-electron chi connectivity index (χ1n) is 11.2. The minimum Gasteiger partial charge on any atom is -0.497 e. The highest BCUT2D eigenvalue weighted by Gasteiger charge is 2.58. The van der Waals surface area contributed by atoms with Gasteiger partial charge in [0.15, 0.2) is 5.96 Å². The molecule has 3 aliphatic carbocycles. The number of rotatable bonds is 7. The highest BCUT2D eigenvalue weighted by Crippen LogP contribution is 2.52. The van der Waals surface area contributed by atoms with E-state index in [2.05, 4.69) is 39.9 Å². The fourth-order valence-electron chi connectivity index (χ4n) is 5.61. The highest BCUT2D eigenvalue weighted by molar-refractivity contribution is 14.0. The maximum absolute atomic E-state index is 12.8. The number of allylic oxidation sites excluding steroid dienone is 2. The molecule has 4 unspecified atom stereocenters. The van der Waals surface area contributed by atoms with Gasteiger partial charge in [-0.1, -0.05) is 24.3 Å². The average Bonchev–Trinajstić information content (AvgIpc) is 3.18. The Kier molecular flexibility index (Phi) is 6.51. The lowest BCUT2D eigenvalue weighted by Gasteiger charge is -2.21. The summed E-state index contributed by atoms with van der Waals surface area (Å²) in [5, 5.41) is 6.69. The van der Waals surface area contributed by atoms with Crippen LogP contribution in [0.5, 0.6) is 5.75 Å². The third-order valence-corrected chi connectivity index (χ3v) is 7.56. The number of amides is 2. The highest BCUT2D eigenvalue weighted by atomic mass is 127. The van der Waals surface area contributed by atoms with Gasteiger partial charge in [-0.25, -0.2) is 0 Å². The second-order valence-corrected chi connectivity index (χ2v) is 9.19. The Bertz CT molecular complexity index is 911. The summed E-state index contributed by atoms with van der Waals surface area (Å²) in [5.41, 5.74) is 1.44. The van der Waals surface area contributed by atoms with Crippen LogP contribution < -0.4 is 15.4 Å². The van der Waals surface area contributed by atoms with Crippen LogP contribution in [0, 0.1) is 23.7 Å². The Labute approximate surface area is 206 Å². The number of ether oxygens (including phenoxy) is 1. The second kappa shape index (κ2) is 9.03. The summed E-state index contributed by atoms with van der Waals surface area (Å²) in [6.07, 6.45) is 7.49. The molecule has 1 aromatic rings. The van der Waals surface area contributed by atoms with Gasteiger partial charge in [0, 0.05) is 32.1 Å². The Morgan fingerprint density at radius 1 is 1.09 bits per heavy atom. The Hall–Kier alpha value is -2.10. The molecule has 7 nitrogen and oxygen atoms in total. The molecule has 1 aliphatic heterocycles. The van der Waals surface area contributed by atoms with E-state index in [-0.39, 0.29) is 64.9 Å². The second-order valence-electron chi connectivity index (χ2n) is 9.19. The number of carbonyl (C=O) groups excluding carboxylic acids is 2. The molecule has 8 heteroatoms. The minimum absolute atomic E-state index is 0. The van der Waals surface area contributed by atoms with E-state index >= 15 is 0 Å². The van der Waals surface area contributed by atoms with E-state index in [0.29, 0.717) is 19.0 Å². The summed E-state index contributed by atoms with van der Waals surface area (Å²) < 4.78 is 5.26. The number of imide groups is 1. The van der Waals surface area contributed by atoms with Crippen LogP contribution in [0.2, 0.25) is 0 Å². The number of hydrogen-bond acceptors (Lipinski definition) is 4. The van der Waals surface area contributed by atoms with Crippen LogP contribution in [-0.2, 0) is 15.0 Å². The Morgan fingerprint density at radius 2 is 1.72 bits per heavy atom. The maximum atomic E-state index is 12.8. The van der Waals surface area contributed by atoms with Crippen molar-refractivity contribution in [3.8, 4) is 5.75 Å². The molecular formula is C24H31IN4O3. The summed E-state index contributed by atoms with van der Waals surface area (Å²) >= 11 is 0. The van der Waals surface area contributed by atoms with Crippen LogP contribution in [-0.4, -0.2) is 56.5 Å². The normalized spacial score (nSPS) is 29.1. The SMILES string of the molecule is CN=C(NCCN1C(=O)C2C3C=CC(C3)C2C1=O)NCC1(c2ccc(OC)cc2)CC1.I. The number of aliphatic imine (C=N–C) groups is 1. The van der Waals surface area contributed by atoms with Gasteiger partial charge in [0.2, 0.25) is 11.8 Å². The van der Waals surface area contributed by atoms with Crippen molar-refractivity contribution in [2.75, 3.05) is 33.8 Å². The molecule has 4 aliphatic rings. The zero-order valence-corrected chi connectivity index (χ0v) is 20.9. The number of benzene rings is 1. The number of methoxy groups -OCH3 is 1. The van der Waals surface area contributed by atoms with E-state index in [9.17, 15) is 9.59 Å². The van der Waals surface area contributed by atoms with E-state index in [4.69, 9.17) is 4.74 Å². The molecule has 32 heavy (non-hydrogen) atoms. The molecule has 0 radical (unpaired) electrons. The van der Waals surface area contributed by atoms with Gasteiger partial charge in [-0.2, -0.15) is 0 Å². The van der Waals surface area contributed by atoms with E-state index in [0.717, 1.165) is 31.6 Å². The number of carbonyl (C=O) groups is 2. The van der Waals surface area contributed by atoms with E-state index < -0.39 is 0 Å². The average molecular weight is 550 g/mol. The predicted molar refractivity (Wildman–Crippen MR) is 133 cm³/mol. The van der Waals surface area contributed by atoms with Crippen LogP contribution in [0.4, 0.5) is 0 Å². The third-order valence-electron chi connectivity index (χ3n) is 7.56. The zero-order chi connectivity index (χ0) is 21.6. The summed E-state index contributed by atoms with van der Waals surface area (Å²) in [6.45, 7) is 1.67. The van der Waals surface area contributed by atoms with Crippen LogP contribution in [0.15, 0.2) is 41.4 Å². The van der Waals surface area contributed by atoms with Crippen LogP contribution in [0.1, 0.15) is 24.8 Å². The van der Waals surface area contributed by atoms with Crippen molar-refractivity contribution in [3.63, 3.8) is 0 Å². The molecule has 4 atom stereocenters. The molecule has 5 rings (SSSR count). The van der Waals surface area contributed by atoms with Crippen LogP contribution in [0.25, 0.3) is 0 Å². The molecule has 172 valence electrons. The quantitative estimate of drug-likeness (QED) is 0.179.